The van der Waals surface area contributed by atoms with Crippen molar-refractivity contribution in [2.45, 2.75) is 32.2 Å². The fourth-order valence-corrected chi connectivity index (χ4v) is 4.53. The first-order chi connectivity index (χ1) is 11.0. The minimum absolute atomic E-state index is 0.324. The molecule has 1 heterocycles. The number of rotatable bonds is 5. The molecule has 1 atom stereocenters. The summed E-state index contributed by atoms with van der Waals surface area (Å²) in [5, 5.41) is 0. The van der Waals surface area contributed by atoms with Gasteiger partial charge in [0, 0.05) is 18.9 Å². The minimum Gasteiger partial charge on any atom is -0.264 e. The van der Waals surface area contributed by atoms with Crippen LogP contribution in [0.15, 0.2) is 42.7 Å². The van der Waals surface area contributed by atoms with Crippen molar-refractivity contribution in [1.29, 1.82) is 0 Å². The molecule has 0 saturated heterocycles. The maximum atomic E-state index is 12.3. The molecule has 1 aromatic carbocycles. The Hall–Kier alpha value is -1.72. The molecule has 4 nitrogen and oxygen atoms in total. The van der Waals surface area contributed by atoms with Crippen molar-refractivity contribution in [3.8, 4) is 0 Å². The summed E-state index contributed by atoms with van der Waals surface area (Å²) < 4.78 is 26.1. The molecule has 0 spiro atoms. The molecule has 0 fully saturated rings. The highest BCUT2D eigenvalue weighted by Crippen LogP contribution is 2.33. The Bertz CT molecular complexity index is 788. The molecule has 5 heteroatoms. The van der Waals surface area contributed by atoms with Crippen LogP contribution in [0.1, 0.15) is 41.6 Å². The molecule has 1 aliphatic carbocycles. The van der Waals surface area contributed by atoms with Gasteiger partial charge in [-0.05, 0) is 47.6 Å². The summed E-state index contributed by atoms with van der Waals surface area (Å²) in [6.45, 7) is 2.30. The van der Waals surface area contributed by atoms with Crippen molar-refractivity contribution < 1.29 is 8.42 Å². The number of hydrogen-bond donors (Lipinski definition) is 0. The van der Waals surface area contributed by atoms with Gasteiger partial charge in [-0.25, -0.2) is 8.42 Å². The molecule has 0 aliphatic heterocycles. The largest absolute Gasteiger partial charge is 0.264 e. The van der Waals surface area contributed by atoms with Crippen molar-refractivity contribution in [3.63, 3.8) is 0 Å². The van der Waals surface area contributed by atoms with Crippen LogP contribution in [0.25, 0.3) is 0 Å². The average molecular weight is 330 g/mol. The maximum absolute atomic E-state index is 12.3. The van der Waals surface area contributed by atoms with E-state index in [1.54, 1.807) is 16.7 Å². The highest BCUT2D eigenvalue weighted by atomic mass is 32.2. The van der Waals surface area contributed by atoms with Gasteiger partial charge in [0.2, 0.25) is 10.0 Å². The lowest BCUT2D eigenvalue weighted by Crippen LogP contribution is -2.34. The van der Waals surface area contributed by atoms with E-state index < -0.39 is 10.0 Å². The number of sulfonamides is 1. The van der Waals surface area contributed by atoms with Gasteiger partial charge in [0.1, 0.15) is 0 Å². The predicted molar refractivity (Wildman–Crippen MR) is 91.8 cm³/mol. The smallest absolute Gasteiger partial charge is 0.212 e. The second-order valence-electron chi connectivity index (χ2n) is 6.04. The summed E-state index contributed by atoms with van der Waals surface area (Å²) in [6, 6.07) is 9.86. The van der Waals surface area contributed by atoms with E-state index in [0.29, 0.717) is 6.54 Å². The maximum Gasteiger partial charge on any atom is 0.212 e. The van der Waals surface area contributed by atoms with E-state index in [0.717, 1.165) is 24.0 Å². The highest BCUT2D eigenvalue weighted by Gasteiger charge is 2.29. The van der Waals surface area contributed by atoms with Crippen LogP contribution in [0.4, 0.5) is 0 Å². The van der Waals surface area contributed by atoms with Gasteiger partial charge in [-0.2, -0.15) is 4.31 Å². The monoisotopic (exact) mass is 330 g/mol. The molecule has 0 saturated carbocycles. The number of nitrogens with zero attached hydrogens (tertiary/aromatic N) is 2. The molecule has 1 unspecified atom stereocenters. The standard InChI is InChI=1S/C18H22N2O2S/c1-3-20(23(2,21)22)18(17-8-5-11-19-13-17)16-10-9-14-6-4-7-15(14)12-16/h5,8-13,18H,3-4,6-7H2,1-2H3. The van der Waals surface area contributed by atoms with E-state index in [-0.39, 0.29) is 6.04 Å². The van der Waals surface area contributed by atoms with Gasteiger partial charge in [0.25, 0.3) is 0 Å². The van der Waals surface area contributed by atoms with Gasteiger partial charge in [-0.3, -0.25) is 4.98 Å². The van der Waals surface area contributed by atoms with Crippen LogP contribution in [0.2, 0.25) is 0 Å². The molecular formula is C18H22N2O2S. The van der Waals surface area contributed by atoms with Crippen LogP contribution in [-0.4, -0.2) is 30.5 Å². The molecule has 0 radical (unpaired) electrons. The lowest BCUT2D eigenvalue weighted by Gasteiger charge is -2.29. The number of aryl methyl sites for hydroxylation is 2. The van der Waals surface area contributed by atoms with E-state index in [2.05, 4.69) is 23.2 Å². The van der Waals surface area contributed by atoms with Gasteiger partial charge in [-0.1, -0.05) is 31.2 Å². The zero-order valence-electron chi connectivity index (χ0n) is 13.6. The quantitative estimate of drug-likeness (QED) is 0.847. The molecule has 1 aromatic heterocycles. The van der Waals surface area contributed by atoms with Gasteiger partial charge in [0.05, 0.1) is 12.3 Å². The third kappa shape index (κ3) is 3.31. The zero-order chi connectivity index (χ0) is 16.4. The number of pyridine rings is 1. The van der Waals surface area contributed by atoms with Gasteiger partial charge in [0.15, 0.2) is 0 Å². The van der Waals surface area contributed by atoms with Crippen LogP contribution in [0.5, 0.6) is 0 Å². The summed E-state index contributed by atoms with van der Waals surface area (Å²) in [7, 11) is -3.32. The lowest BCUT2D eigenvalue weighted by atomic mass is 9.96. The van der Waals surface area contributed by atoms with Crippen LogP contribution in [0, 0.1) is 0 Å². The Morgan fingerprint density at radius 3 is 2.61 bits per heavy atom. The Morgan fingerprint density at radius 2 is 1.96 bits per heavy atom. The van der Waals surface area contributed by atoms with Gasteiger partial charge >= 0.3 is 0 Å². The Balaban J connectivity index is 2.12. The minimum atomic E-state index is -3.32. The topological polar surface area (TPSA) is 50.3 Å². The number of hydrogen-bond acceptors (Lipinski definition) is 3. The summed E-state index contributed by atoms with van der Waals surface area (Å²) >= 11 is 0. The van der Waals surface area contributed by atoms with Crippen molar-refractivity contribution in [3.05, 3.63) is 65.0 Å². The van der Waals surface area contributed by atoms with E-state index in [1.807, 2.05) is 19.1 Å². The fourth-order valence-electron chi connectivity index (χ4n) is 3.43. The van der Waals surface area contributed by atoms with Crippen LogP contribution in [0.3, 0.4) is 0 Å². The van der Waals surface area contributed by atoms with Crippen LogP contribution in [-0.2, 0) is 22.9 Å². The lowest BCUT2D eigenvalue weighted by molar-refractivity contribution is 0.378. The highest BCUT2D eigenvalue weighted by molar-refractivity contribution is 7.88. The molecule has 23 heavy (non-hydrogen) atoms. The third-order valence-electron chi connectivity index (χ3n) is 4.46. The van der Waals surface area contributed by atoms with Crippen molar-refractivity contribution in [2.75, 3.05) is 12.8 Å². The Morgan fingerprint density at radius 1 is 1.17 bits per heavy atom. The molecule has 1 aliphatic rings. The molecular weight excluding hydrogens is 308 g/mol. The van der Waals surface area contributed by atoms with E-state index >= 15 is 0 Å². The van der Waals surface area contributed by atoms with Crippen LogP contribution < -0.4 is 0 Å². The molecule has 122 valence electrons. The molecule has 0 amide bonds. The summed E-state index contributed by atoms with van der Waals surface area (Å²) in [5.74, 6) is 0. The van der Waals surface area contributed by atoms with Crippen molar-refractivity contribution in [2.24, 2.45) is 0 Å². The van der Waals surface area contributed by atoms with E-state index in [4.69, 9.17) is 0 Å². The Labute approximate surface area is 138 Å². The summed E-state index contributed by atoms with van der Waals surface area (Å²) in [4.78, 5) is 4.18. The second kappa shape index (κ2) is 6.42. The van der Waals surface area contributed by atoms with E-state index in [1.165, 1.54) is 23.8 Å². The normalized spacial score (nSPS) is 15.6. The molecule has 2 aromatic rings. The Kier molecular flexibility index (Phi) is 4.50. The van der Waals surface area contributed by atoms with Gasteiger partial charge in [-0.15, -0.1) is 0 Å². The number of aromatic nitrogens is 1. The average Bonchev–Trinajstić information content (AvgIpc) is 2.99. The zero-order valence-corrected chi connectivity index (χ0v) is 14.4. The van der Waals surface area contributed by atoms with Crippen molar-refractivity contribution in [1.82, 2.24) is 9.29 Å². The van der Waals surface area contributed by atoms with Crippen molar-refractivity contribution >= 4 is 10.0 Å². The number of benzene rings is 1. The first-order valence-electron chi connectivity index (χ1n) is 7.99. The number of fused-ring (bicyclic) bond motifs is 1. The molecule has 0 bridgehead atoms. The first-order valence-corrected chi connectivity index (χ1v) is 9.84. The fraction of sp³-hybridized carbons (Fsp3) is 0.389. The first kappa shape index (κ1) is 16.1. The second-order valence-corrected chi connectivity index (χ2v) is 7.97. The summed E-state index contributed by atoms with van der Waals surface area (Å²) in [5.41, 5.74) is 4.66. The summed E-state index contributed by atoms with van der Waals surface area (Å²) in [6.07, 6.45) is 8.11. The van der Waals surface area contributed by atoms with E-state index in [9.17, 15) is 8.42 Å². The predicted octanol–water partition coefficient (Wildman–Crippen LogP) is 2.94. The van der Waals surface area contributed by atoms with Gasteiger partial charge < -0.3 is 0 Å². The SMILES string of the molecule is CCN(C(c1cccnc1)c1ccc2c(c1)CCC2)S(C)(=O)=O. The van der Waals surface area contributed by atoms with Crippen LogP contribution >= 0.6 is 0 Å². The molecule has 3 rings (SSSR count). The molecule has 0 N–H and O–H groups in total. The third-order valence-corrected chi connectivity index (χ3v) is 5.79.